The molecule has 148 valence electrons. The van der Waals surface area contributed by atoms with Crippen molar-refractivity contribution in [2.45, 2.75) is 32.4 Å². The van der Waals surface area contributed by atoms with Gasteiger partial charge in [-0.1, -0.05) is 49.4 Å². The normalized spacial score (nSPS) is 18.9. The van der Waals surface area contributed by atoms with Gasteiger partial charge in [-0.15, -0.1) is 0 Å². The molecule has 0 radical (unpaired) electrons. The van der Waals surface area contributed by atoms with Crippen molar-refractivity contribution in [3.05, 3.63) is 66.0 Å². The highest BCUT2D eigenvalue weighted by molar-refractivity contribution is 6.08. The second kappa shape index (κ2) is 7.05. The summed E-state index contributed by atoms with van der Waals surface area (Å²) in [6.07, 6.45) is 0.360. The highest BCUT2D eigenvalue weighted by Crippen LogP contribution is 2.31. The van der Waals surface area contributed by atoms with E-state index in [0.717, 1.165) is 16.0 Å². The Balaban J connectivity index is 1.56. The Bertz CT molecular complexity index is 1110. The van der Waals surface area contributed by atoms with E-state index in [1.165, 1.54) is 0 Å². The topological polar surface area (TPSA) is 96.3 Å². The van der Waals surface area contributed by atoms with E-state index >= 15 is 0 Å². The lowest BCUT2D eigenvalue weighted by Crippen LogP contribution is -2.49. The maximum Gasteiger partial charge on any atom is 0.344 e. The molecular formula is C21H21N5O3. The summed E-state index contributed by atoms with van der Waals surface area (Å²) in [5.74, 6) is -0.317. The van der Waals surface area contributed by atoms with Crippen molar-refractivity contribution in [3.8, 4) is 0 Å². The number of nitrogens with zero attached hydrogens (tertiary/aromatic N) is 3. The highest BCUT2D eigenvalue weighted by atomic mass is 16.2. The second-order valence-electron chi connectivity index (χ2n) is 6.96. The number of hydrogen-bond acceptors (Lipinski definition) is 4. The van der Waals surface area contributed by atoms with Crippen molar-refractivity contribution in [2.75, 3.05) is 0 Å². The number of hydrazine groups is 1. The number of imidazole rings is 1. The quantitative estimate of drug-likeness (QED) is 0.652. The summed E-state index contributed by atoms with van der Waals surface area (Å²) < 4.78 is 1.74. The summed E-state index contributed by atoms with van der Waals surface area (Å²) in [5.41, 5.74) is 3.52. The van der Waals surface area contributed by atoms with Gasteiger partial charge >= 0.3 is 6.03 Å². The number of urea groups is 1. The second-order valence-corrected chi connectivity index (χ2v) is 6.96. The zero-order valence-corrected chi connectivity index (χ0v) is 16.2. The molecule has 1 aromatic heterocycles. The zero-order valence-electron chi connectivity index (χ0n) is 16.2. The van der Waals surface area contributed by atoms with Gasteiger partial charge in [0.1, 0.15) is 17.9 Å². The van der Waals surface area contributed by atoms with E-state index in [1.54, 1.807) is 35.8 Å². The number of carbonyl (C=O) groups is 3. The molecule has 0 aliphatic carbocycles. The number of aromatic nitrogens is 2. The molecule has 0 spiro atoms. The van der Waals surface area contributed by atoms with Crippen LogP contribution in [0.5, 0.6) is 0 Å². The van der Waals surface area contributed by atoms with Crippen LogP contribution in [-0.2, 0) is 21.7 Å². The molecule has 0 unspecified atom stereocenters. The summed E-state index contributed by atoms with van der Waals surface area (Å²) >= 11 is 0. The molecule has 2 heterocycles. The largest absolute Gasteiger partial charge is 0.344 e. The van der Waals surface area contributed by atoms with Crippen LogP contribution in [0.3, 0.4) is 0 Å². The molecule has 0 bridgehead atoms. The number of amides is 4. The summed E-state index contributed by atoms with van der Waals surface area (Å²) in [6.45, 7) is 3.56. The Morgan fingerprint density at radius 1 is 1.10 bits per heavy atom. The monoisotopic (exact) mass is 391 g/mol. The van der Waals surface area contributed by atoms with E-state index in [2.05, 4.69) is 15.7 Å². The number of para-hydroxylation sites is 2. The number of aryl methyl sites for hydroxylation is 1. The van der Waals surface area contributed by atoms with Gasteiger partial charge in [-0.2, -0.15) is 5.01 Å². The van der Waals surface area contributed by atoms with E-state index in [-0.39, 0.29) is 6.54 Å². The Hall–Kier alpha value is -3.68. The summed E-state index contributed by atoms with van der Waals surface area (Å²) in [4.78, 5) is 42.7. The predicted octanol–water partition coefficient (Wildman–Crippen LogP) is 2.23. The van der Waals surface area contributed by atoms with Crippen molar-refractivity contribution < 1.29 is 14.4 Å². The van der Waals surface area contributed by atoms with Crippen LogP contribution >= 0.6 is 0 Å². The standard InChI is InChI=1S/C21H21N5O3/c1-3-21(15-9-5-4-6-10-15)19(28)26(20(29)23-21)24-18(27)13-25-14(2)22-16-11-7-8-12-17(16)25/h4-12H,3,13H2,1-2H3,(H,23,29)(H,24,27)/t21-/m1/s1. The minimum absolute atomic E-state index is 0.0616. The molecule has 1 aliphatic heterocycles. The van der Waals surface area contributed by atoms with Crippen LogP contribution in [0.4, 0.5) is 4.79 Å². The van der Waals surface area contributed by atoms with Gasteiger partial charge in [0.2, 0.25) is 0 Å². The minimum atomic E-state index is -1.19. The summed E-state index contributed by atoms with van der Waals surface area (Å²) in [6, 6.07) is 15.8. The number of carbonyl (C=O) groups excluding carboxylic acids is 3. The molecule has 8 nitrogen and oxygen atoms in total. The number of fused-ring (bicyclic) bond motifs is 1. The molecule has 29 heavy (non-hydrogen) atoms. The molecular weight excluding hydrogens is 370 g/mol. The van der Waals surface area contributed by atoms with Gasteiger partial charge in [-0.25, -0.2) is 9.78 Å². The third-order valence-corrected chi connectivity index (χ3v) is 5.27. The predicted molar refractivity (Wildman–Crippen MR) is 106 cm³/mol. The Morgan fingerprint density at radius 3 is 2.52 bits per heavy atom. The van der Waals surface area contributed by atoms with Crippen molar-refractivity contribution in [1.29, 1.82) is 0 Å². The van der Waals surface area contributed by atoms with Crippen molar-refractivity contribution in [2.24, 2.45) is 0 Å². The van der Waals surface area contributed by atoms with Crippen LogP contribution in [0.15, 0.2) is 54.6 Å². The Morgan fingerprint density at radius 2 is 1.79 bits per heavy atom. The van der Waals surface area contributed by atoms with Gasteiger partial charge in [-0.05, 0) is 31.0 Å². The molecule has 1 atom stereocenters. The lowest BCUT2D eigenvalue weighted by atomic mass is 9.87. The first-order chi connectivity index (χ1) is 14.0. The average molecular weight is 391 g/mol. The molecule has 0 saturated carbocycles. The number of nitrogens with one attached hydrogen (secondary N) is 2. The van der Waals surface area contributed by atoms with Crippen LogP contribution in [0, 0.1) is 6.92 Å². The van der Waals surface area contributed by atoms with Crippen LogP contribution in [0.25, 0.3) is 11.0 Å². The van der Waals surface area contributed by atoms with E-state index in [4.69, 9.17) is 0 Å². The van der Waals surface area contributed by atoms with Gasteiger partial charge in [-0.3, -0.25) is 15.0 Å². The van der Waals surface area contributed by atoms with E-state index in [9.17, 15) is 14.4 Å². The first-order valence-corrected chi connectivity index (χ1v) is 9.40. The molecule has 2 aromatic carbocycles. The number of rotatable bonds is 5. The average Bonchev–Trinajstić information content (AvgIpc) is 3.17. The molecule has 4 amide bonds. The van der Waals surface area contributed by atoms with E-state index in [0.29, 0.717) is 17.8 Å². The lowest BCUT2D eigenvalue weighted by molar-refractivity contribution is -0.139. The molecule has 1 fully saturated rings. The van der Waals surface area contributed by atoms with Crippen molar-refractivity contribution >= 4 is 28.9 Å². The van der Waals surface area contributed by atoms with E-state index in [1.807, 2.05) is 37.3 Å². The number of imide groups is 1. The van der Waals surface area contributed by atoms with Crippen LogP contribution in [0.2, 0.25) is 0 Å². The van der Waals surface area contributed by atoms with E-state index < -0.39 is 23.4 Å². The van der Waals surface area contributed by atoms with Gasteiger partial charge in [0, 0.05) is 0 Å². The fraction of sp³-hybridized carbons (Fsp3) is 0.238. The fourth-order valence-electron chi connectivity index (χ4n) is 3.74. The number of benzene rings is 2. The highest BCUT2D eigenvalue weighted by Gasteiger charge is 2.52. The molecule has 8 heteroatoms. The van der Waals surface area contributed by atoms with Gasteiger partial charge in [0.25, 0.3) is 11.8 Å². The zero-order chi connectivity index (χ0) is 20.6. The summed E-state index contributed by atoms with van der Waals surface area (Å²) in [5, 5.41) is 3.51. The van der Waals surface area contributed by atoms with Gasteiger partial charge in [0.15, 0.2) is 0 Å². The van der Waals surface area contributed by atoms with Gasteiger partial charge in [0.05, 0.1) is 11.0 Å². The van der Waals surface area contributed by atoms with Crippen LogP contribution < -0.4 is 10.7 Å². The van der Waals surface area contributed by atoms with Gasteiger partial charge < -0.3 is 9.88 Å². The molecule has 1 aliphatic rings. The summed E-state index contributed by atoms with van der Waals surface area (Å²) in [7, 11) is 0. The smallest absolute Gasteiger partial charge is 0.319 e. The van der Waals surface area contributed by atoms with Crippen molar-refractivity contribution in [1.82, 2.24) is 25.3 Å². The number of hydrogen-bond donors (Lipinski definition) is 2. The van der Waals surface area contributed by atoms with Crippen LogP contribution in [-0.4, -0.2) is 32.4 Å². The molecule has 3 aromatic rings. The third kappa shape index (κ3) is 3.02. The fourth-order valence-corrected chi connectivity index (χ4v) is 3.74. The SMILES string of the molecule is CC[C@]1(c2ccccc2)NC(=O)N(NC(=O)Cn2c(C)nc3ccccc32)C1=O. The third-order valence-electron chi connectivity index (χ3n) is 5.27. The Kier molecular flexibility index (Phi) is 4.54. The van der Waals surface area contributed by atoms with Crippen molar-refractivity contribution in [3.63, 3.8) is 0 Å². The molecule has 4 rings (SSSR count). The maximum absolute atomic E-state index is 13.1. The Labute approximate surface area is 167 Å². The molecule has 1 saturated heterocycles. The van der Waals surface area contributed by atoms with Crippen LogP contribution in [0.1, 0.15) is 24.7 Å². The molecule has 2 N–H and O–H groups in total. The first kappa shape index (κ1) is 18.7. The minimum Gasteiger partial charge on any atom is -0.319 e. The first-order valence-electron chi connectivity index (χ1n) is 9.40. The maximum atomic E-state index is 13.1. The lowest BCUT2D eigenvalue weighted by Gasteiger charge is -2.25.